The Hall–Kier alpha value is -2.23. The van der Waals surface area contributed by atoms with Crippen LogP contribution in [0.25, 0.3) is 0 Å². The second-order valence-corrected chi connectivity index (χ2v) is 7.08. The molecule has 1 amide bonds. The monoisotopic (exact) mass is 355 g/mol. The predicted molar refractivity (Wildman–Crippen MR) is 105 cm³/mol. The van der Waals surface area contributed by atoms with Gasteiger partial charge in [-0.3, -0.25) is 4.79 Å². The number of hydrogen-bond donors (Lipinski definition) is 1. The van der Waals surface area contributed by atoms with Crippen molar-refractivity contribution in [3.8, 4) is 11.5 Å². The van der Waals surface area contributed by atoms with E-state index in [2.05, 4.69) is 29.6 Å². The maximum Gasteiger partial charge on any atom is 0.228 e. The van der Waals surface area contributed by atoms with Crippen LogP contribution in [0.15, 0.2) is 42.5 Å². The summed E-state index contributed by atoms with van der Waals surface area (Å²) in [6.45, 7) is 0. The quantitative estimate of drug-likeness (QED) is 0.776. The molecule has 1 N–H and O–H groups in total. The van der Waals surface area contributed by atoms with Gasteiger partial charge in [-0.05, 0) is 62.5 Å². The molecule has 2 aliphatic rings. The van der Waals surface area contributed by atoms with Crippen LogP contribution in [-0.4, -0.2) is 20.1 Å². The first-order valence-electron chi connectivity index (χ1n) is 9.57. The third kappa shape index (κ3) is 4.48. The molecule has 0 bridgehead atoms. The zero-order valence-corrected chi connectivity index (χ0v) is 15.7. The molecule has 2 unspecified atom stereocenters. The van der Waals surface area contributed by atoms with Crippen LogP contribution >= 0.6 is 0 Å². The predicted octanol–water partition coefficient (Wildman–Crippen LogP) is 4.97. The topological polar surface area (TPSA) is 47.6 Å². The van der Waals surface area contributed by atoms with Gasteiger partial charge in [0.15, 0.2) is 0 Å². The molecule has 0 aromatic heterocycles. The van der Waals surface area contributed by atoms with E-state index < -0.39 is 0 Å². The van der Waals surface area contributed by atoms with E-state index in [0.717, 1.165) is 38.5 Å². The average molecular weight is 355 g/mol. The number of ether oxygens (including phenoxy) is 2. The fourth-order valence-corrected chi connectivity index (χ4v) is 3.99. The highest BCUT2D eigenvalue weighted by Gasteiger charge is 2.52. The van der Waals surface area contributed by atoms with Gasteiger partial charge in [-0.2, -0.15) is 0 Å². The van der Waals surface area contributed by atoms with Gasteiger partial charge in [0.1, 0.15) is 11.5 Å². The van der Waals surface area contributed by atoms with Crippen LogP contribution in [0.4, 0.5) is 5.69 Å². The number of carbonyl (C=O) groups is 1. The van der Waals surface area contributed by atoms with Gasteiger partial charge in [0.05, 0.1) is 19.9 Å². The molecule has 0 radical (unpaired) electrons. The number of allylic oxidation sites excluding steroid dienone is 4. The van der Waals surface area contributed by atoms with Crippen molar-refractivity contribution in [2.24, 2.45) is 17.8 Å². The molecule has 0 heterocycles. The van der Waals surface area contributed by atoms with Gasteiger partial charge in [-0.15, -0.1) is 0 Å². The number of hydrogen-bond acceptors (Lipinski definition) is 3. The van der Waals surface area contributed by atoms with E-state index in [1.54, 1.807) is 14.2 Å². The van der Waals surface area contributed by atoms with Crippen molar-refractivity contribution in [1.82, 2.24) is 0 Å². The Morgan fingerprint density at radius 2 is 1.54 bits per heavy atom. The first-order chi connectivity index (χ1) is 12.7. The summed E-state index contributed by atoms with van der Waals surface area (Å²) in [5, 5.41) is 3.07. The highest BCUT2D eigenvalue weighted by molar-refractivity contribution is 5.96. The average Bonchev–Trinajstić information content (AvgIpc) is 3.34. The highest BCUT2D eigenvalue weighted by atomic mass is 16.5. The molecule has 0 saturated heterocycles. The second kappa shape index (κ2) is 8.93. The summed E-state index contributed by atoms with van der Waals surface area (Å²) >= 11 is 0. The van der Waals surface area contributed by atoms with E-state index in [4.69, 9.17) is 9.47 Å². The largest absolute Gasteiger partial charge is 0.497 e. The number of rotatable bonds is 4. The van der Waals surface area contributed by atoms with Crippen molar-refractivity contribution in [1.29, 1.82) is 0 Å². The van der Waals surface area contributed by atoms with E-state index in [9.17, 15) is 4.79 Å². The first-order valence-corrected chi connectivity index (χ1v) is 9.57. The number of benzene rings is 1. The van der Waals surface area contributed by atoms with Crippen molar-refractivity contribution in [3.05, 3.63) is 42.5 Å². The molecule has 3 rings (SSSR count). The van der Waals surface area contributed by atoms with Crippen LogP contribution in [-0.2, 0) is 4.79 Å². The first kappa shape index (κ1) is 18.6. The van der Waals surface area contributed by atoms with Gasteiger partial charge in [0, 0.05) is 12.0 Å². The van der Waals surface area contributed by atoms with Crippen molar-refractivity contribution >= 4 is 11.6 Å². The maximum atomic E-state index is 12.9. The molecule has 140 valence electrons. The Labute approximate surface area is 156 Å². The van der Waals surface area contributed by atoms with Crippen molar-refractivity contribution < 1.29 is 14.3 Å². The summed E-state index contributed by atoms with van der Waals surface area (Å²) in [5.74, 6) is 2.55. The molecular weight excluding hydrogens is 326 g/mol. The number of carbonyl (C=O) groups excluding carboxylic acids is 1. The molecule has 2 aliphatic carbocycles. The van der Waals surface area contributed by atoms with Gasteiger partial charge in [-0.1, -0.05) is 24.3 Å². The molecule has 1 aromatic carbocycles. The zero-order chi connectivity index (χ0) is 18.4. The molecule has 26 heavy (non-hydrogen) atoms. The van der Waals surface area contributed by atoms with Gasteiger partial charge in [0.25, 0.3) is 0 Å². The maximum absolute atomic E-state index is 12.9. The summed E-state index contributed by atoms with van der Waals surface area (Å²) < 4.78 is 10.6. The number of amides is 1. The zero-order valence-electron chi connectivity index (χ0n) is 15.7. The molecule has 0 spiro atoms. The van der Waals surface area contributed by atoms with Crippen molar-refractivity contribution in [2.75, 3.05) is 19.5 Å². The minimum Gasteiger partial charge on any atom is -0.497 e. The van der Waals surface area contributed by atoms with Gasteiger partial charge in [-0.25, -0.2) is 0 Å². The third-order valence-electron chi connectivity index (χ3n) is 5.47. The lowest BCUT2D eigenvalue weighted by atomic mass is 10.1. The molecular formula is C22H29NO3. The van der Waals surface area contributed by atoms with Crippen LogP contribution in [0.1, 0.15) is 38.5 Å². The lowest BCUT2D eigenvalue weighted by Crippen LogP contribution is -2.16. The summed E-state index contributed by atoms with van der Waals surface area (Å²) in [6.07, 6.45) is 15.6. The second-order valence-electron chi connectivity index (χ2n) is 7.08. The lowest BCUT2D eigenvalue weighted by molar-refractivity contribution is -0.117. The van der Waals surface area contributed by atoms with E-state index in [1.807, 2.05) is 18.2 Å². The van der Waals surface area contributed by atoms with Crippen LogP contribution in [0.3, 0.4) is 0 Å². The van der Waals surface area contributed by atoms with Crippen molar-refractivity contribution in [2.45, 2.75) is 38.5 Å². The fraction of sp³-hybridized carbons (Fsp3) is 0.500. The van der Waals surface area contributed by atoms with Crippen LogP contribution in [0.2, 0.25) is 0 Å². The Bertz CT molecular complexity index is 656. The van der Waals surface area contributed by atoms with E-state index in [1.165, 1.54) is 0 Å². The van der Waals surface area contributed by atoms with Crippen molar-refractivity contribution in [3.63, 3.8) is 0 Å². The Kier molecular flexibility index (Phi) is 6.37. The number of nitrogens with one attached hydrogen (secondary N) is 1. The highest BCUT2D eigenvalue weighted by Crippen LogP contribution is 2.53. The van der Waals surface area contributed by atoms with Gasteiger partial charge >= 0.3 is 0 Å². The van der Waals surface area contributed by atoms with Gasteiger partial charge in [0.2, 0.25) is 5.91 Å². The number of fused-ring (bicyclic) bond motifs is 1. The van der Waals surface area contributed by atoms with Crippen LogP contribution in [0, 0.1) is 17.8 Å². The SMILES string of the molecule is COc1ccc(OC)c(NC(=O)C2C3CCC=CCCC=CCCC32)c1. The normalized spacial score (nSPS) is 25.4. The molecule has 1 aromatic rings. The molecule has 1 fully saturated rings. The minimum atomic E-state index is 0.105. The summed E-state index contributed by atoms with van der Waals surface area (Å²) in [4.78, 5) is 12.9. The molecule has 2 atom stereocenters. The van der Waals surface area contributed by atoms with E-state index in [0.29, 0.717) is 29.0 Å². The third-order valence-corrected chi connectivity index (χ3v) is 5.47. The number of methoxy groups -OCH3 is 2. The Balaban J connectivity index is 1.68. The Morgan fingerprint density at radius 1 is 0.923 bits per heavy atom. The molecule has 1 saturated carbocycles. The van der Waals surface area contributed by atoms with E-state index >= 15 is 0 Å². The van der Waals surface area contributed by atoms with Crippen LogP contribution < -0.4 is 14.8 Å². The van der Waals surface area contributed by atoms with E-state index in [-0.39, 0.29) is 11.8 Å². The molecule has 4 nitrogen and oxygen atoms in total. The summed E-state index contributed by atoms with van der Waals surface area (Å²) in [7, 11) is 3.23. The molecule has 4 heteroatoms. The molecule has 0 aliphatic heterocycles. The standard InChI is InChI=1S/C22H29NO3/c1-25-16-13-14-20(26-2)19(15-16)23-22(24)21-17-11-9-7-5-3-4-6-8-10-12-18(17)21/h5-8,13-15,17-18,21H,3-4,9-12H2,1-2H3,(H,23,24). The summed E-state index contributed by atoms with van der Waals surface area (Å²) in [6, 6.07) is 5.47. The van der Waals surface area contributed by atoms with Crippen LogP contribution in [0.5, 0.6) is 11.5 Å². The van der Waals surface area contributed by atoms with Gasteiger partial charge < -0.3 is 14.8 Å². The Morgan fingerprint density at radius 3 is 2.12 bits per heavy atom. The number of anilines is 1. The fourth-order valence-electron chi connectivity index (χ4n) is 3.99. The smallest absolute Gasteiger partial charge is 0.228 e. The minimum absolute atomic E-state index is 0.105. The summed E-state index contributed by atoms with van der Waals surface area (Å²) in [5.41, 5.74) is 0.680. The lowest BCUT2D eigenvalue weighted by Gasteiger charge is -2.12.